The van der Waals surface area contributed by atoms with Gasteiger partial charge in [0.25, 0.3) is 0 Å². The molecule has 1 unspecified atom stereocenters. The van der Waals surface area contributed by atoms with Gasteiger partial charge in [0.2, 0.25) is 0 Å². The monoisotopic (exact) mass is 91.0 g/mol. The molecule has 4 heavy (non-hydrogen) atoms. The Morgan fingerprint density at radius 3 is 2.25 bits per heavy atom. The zero-order valence-corrected chi connectivity index (χ0v) is 5.36. The van der Waals surface area contributed by atoms with Gasteiger partial charge in [0, 0.05) is 1.43 Å². The van der Waals surface area contributed by atoms with Crippen molar-refractivity contribution in [1.29, 1.82) is 0 Å². The fourth-order valence-corrected chi connectivity index (χ4v) is 0. The van der Waals surface area contributed by atoms with E-state index >= 15 is 0 Å². The zero-order valence-electron chi connectivity index (χ0n) is 3.36. The molecule has 0 amide bonds. The van der Waals surface area contributed by atoms with Crippen LogP contribution in [0.15, 0.2) is 0 Å². The second-order valence-corrected chi connectivity index (χ2v) is 0.274. The van der Waals surface area contributed by atoms with Crippen LogP contribution in [0.4, 0.5) is 0 Å². The molecule has 0 rings (SSSR count). The van der Waals surface area contributed by atoms with Gasteiger partial charge in [0.15, 0.2) is 0 Å². The minimum Gasteiger partial charge on any atom is -1.00 e. The molecule has 0 bridgehead atoms. The summed E-state index contributed by atoms with van der Waals surface area (Å²) in [5.41, 5.74) is 0. The first-order valence-electron chi connectivity index (χ1n) is 0.428. The van der Waals surface area contributed by atoms with Crippen molar-refractivity contribution in [3.8, 4) is 0 Å². The van der Waals surface area contributed by atoms with Crippen molar-refractivity contribution in [2.24, 2.45) is 0 Å². The molecule has 0 aromatic carbocycles. The largest absolute Gasteiger partial charge is 1.00 e. The van der Waals surface area contributed by atoms with E-state index in [2.05, 4.69) is 0 Å². The van der Waals surface area contributed by atoms with E-state index in [1.807, 2.05) is 0 Å². The molecule has 2 nitrogen and oxygen atoms in total. The molecule has 0 aromatic heterocycles. The van der Waals surface area contributed by atoms with Gasteiger partial charge in [-0.3, -0.25) is 0 Å². The van der Waals surface area contributed by atoms with E-state index in [1.165, 1.54) is 0 Å². The maximum absolute atomic E-state index is 8.51. The van der Waals surface area contributed by atoms with Gasteiger partial charge in [0.1, 0.15) is 0 Å². The van der Waals surface area contributed by atoms with E-state index in [0.717, 1.165) is 0 Å². The summed E-state index contributed by atoms with van der Waals surface area (Å²) in [6, 6.07) is 0. The zero-order chi connectivity index (χ0) is 2.71. The summed E-state index contributed by atoms with van der Waals surface area (Å²) in [7, 11) is -1.17. The van der Waals surface area contributed by atoms with Crippen molar-refractivity contribution in [1.82, 2.24) is 0 Å². The average Bonchev–Trinajstić information content (AvgIpc) is 0.918. The van der Waals surface area contributed by atoms with Crippen molar-refractivity contribution >= 4 is 8.69 Å². The van der Waals surface area contributed by atoms with Crippen LogP contribution in [-0.2, 0) is 4.57 Å². The Balaban J connectivity index is -0.00000000667. The van der Waals surface area contributed by atoms with Crippen LogP contribution in [0.25, 0.3) is 0 Å². The topological polar surface area (TPSA) is 37.3 Å². The molecule has 0 spiro atoms. The Morgan fingerprint density at radius 2 is 2.25 bits per heavy atom. The minimum atomic E-state index is -1.17. The van der Waals surface area contributed by atoms with Crippen LogP contribution in [0.3, 0.4) is 0 Å². The van der Waals surface area contributed by atoms with E-state index in [1.54, 1.807) is 0 Å². The van der Waals surface area contributed by atoms with Gasteiger partial charge in [-0.1, -0.05) is 0 Å². The fraction of sp³-hybridized carbons (Fsp3) is 0. The summed E-state index contributed by atoms with van der Waals surface area (Å²) < 4.78 is 8.51. The number of hydrogen-bond acceptors (Lipinski definition) is 1. The Morgan fingerprint density at radius 1 is 2.25 bits per heavy atom. The first-order valence-corrected chi connectivity index (χ1v) is 1.28. The second kappa shape index (κ2) is 8.96. The molecule has 0 fully saturated rings. The Kier molecular flexibility index (Phi) is 19.9. The van der Waals surface area contributed by atoms with Gasteiger partial charge in [-0.05, 0) is 4.57 Å². The molecule has 0 aliphatic rings. The van der Waals surface area contributed by atoms with E-state index in [9.17, 15) is 0 Å². The van der Waals surface area contributed by atoms with Crippen LogP contribution in [0.5, 0.6) is 0 Å². The van der Waals surface area contributed by atoms with Gasteiger partial charge in [-0.2, -0.15) is 4.89 Å². The van der Waals surface area contributed by atoms with Crippen molar-refractivity contribution < 1.29 is 41.9 Å². The van der Waals surface area contributed by atoms with Crippen LogP contribution in [-0.4, -0.2) is 4.89 Å². The van der Waals surface area contributed by atoms with Gasteiger partial charge in [0.05, 0.1) is 0 Å². The standard InChI is InChI=1S/Na.HO2P.H2.H/c;1-3-2;;/h;3H;1H;/q+1;;;-1/p+1. The van der Waals surface area contributed by atoms with E-state index < -0.39 is 8.69 Å². The third-order valence-electron chi connectivity index (χ3n) is 0. The van der Waals surface area contributed by atoms with Crippen LogP contribution < -0.4 is 29.6 Å². The maximum atomic E-state index is 8.51. The van der Waals surface area contributed by atoms with E-state index in [4.69, 9.17) is 9.46 Å². The van der Waals surface area contributed by atoms with E-state index in [0.29, 0.717) is 0 Å². The van der Waals surface area contributed by atoms with Gasteiger partial charge < -0.3 is 1.43 Å². The normalized spacial score (nSPS) is 5.25. The van der Waals surface area contributed by atoms with Crippen LogP contribution in [0.1, 0.15) is 2.85 Å². The summed E-state index contributed by atoms with van der Waals surface area (Å²) >= 11 is 0. The molecule has 0 heterocycles. The van der Waals surface area contributed by atoms with Crippen LogP contribution >= 0.6 is 8.69 Å². The van der Waals surface area contributed by atoms with Gasteiger partial charge >= 0.3 is 38.2 Å². The van der Waals surface area contributed by atoms with Crippen molar-refractivity contribution in [3.63, 3.8) is 0 Å². The predicted octanol–water partition coefficient (Wildman–Crippen LogP) is -2.72. The molecule has 0 radical (unpaired) electrons. The molecular weight excluding hydrogens is 86.0 g/mol. The minimum absolute atomic E-state index is 0. The second-order valence-electron chi connectivity index (χ2n) is 0.0913. The van der Waals surface area contributed by atoms with Crippen LogP contribution in [0, 0.1) is 0 Å². The summed E-state index contributed by atoms with van der Waals surface area (Å²) in [5.74, 6) is 0. The molecule has 0 saturated heterocycles. The summed E-state index contributed by atoms with van der Waals surface area (Å²) in [5, 5.41) is 0. The Hall–Kier alpha value is 1.06. The predicted molar refractivity (Wildman–Crippen MR) is 14.4 cm³/mol. The van der Waals surface area contributed by atoms with Crippen molar-refractivity contribution in [2.75, 3.05) is 0 Å². The Labute approximate surface area is 50.8 Å². The van der Waals surface area contributed by atoms with Gasteiger partial charge in [-0.25, -0.2) is 0 Å². The molecule has 1 atom stereocenters. The summed E-state index contributed by atoms with van der Waals surface area (Å²) in [6.45, 7) is 0. The SMILES string of the molecule is O=[PH+]O.[H-].[HH].[Na+]. The number of rotatable bonds is 0. The molecule has 0 saturated carbocycles. The summed E-state index contributed by atoms with van der Waals surface area (Å²) in [6.07, 6.45) is 0. The molecule has 0 aliphatic carbocycles. The molecule has 0 aromatic rings. The summed E-state index contributed by atoms with van der Waals surface area (Å²) in [4.78, 5) is 7.04. The molecule has 1 N–H and O–H groups in total. The smallest absolute Gasteiger partial charge is 1.00 e. The van der Waals surface area contributed by atoms with Crippen molar-refractivity contribution in [3.05, 3.63) is 0 Å². The molecule has 22 valence electrons. The first kappa shape index (κ1) is 8.91. The molecule has 4 heteroatoms. The molecular formula is H5NaO2P+. The maximum Gasteiger partial charge on any atom is 1.00 e. The third kappa shape index (κ3) is 11.6. The third-order valence-corrected chi connectivity index (χ3v) is 0. The Bertz CT molecular complexity index is 19.0. The average molecular weight is 91.0 g/mol. The number of hydrogen-bond donors (Lipinski definition) is 1. The van der Waals surface area contributed by atoms with Gasteiger partial charge in [-0.15, -0.1) is 0 Å². The van der Waals surface area contributed by atoms with Crippen LogP contribution in [0.2, 0.25) is 0 Å². The first-order chi connectivity index (χ1) is 1.41. The quantitative estimate of drug-likeness (QED) is 0.260. The fourth-order valence-electron chi connectivity index (χ4n) is 0. The van der Waals surface area contributed by atoms with E-state index in [-0.39, 0.29) is 32.4 Å². The molecule has 0 aliphatic heterocycles. The van der Waals surface area contributed by atoms with Crippen molar-refractivity contribution in [2.45, 2.75) is 0 Å².